The fourth-order valence-corrected chi connectivity index (χ4v) is 56.8. The Hall–Kier alpha value is -5.30. The molecule has 13 rings (SSSR count). The molecular formula is C68H71N9O13S21. The zero-order valence-corrected chi connectivity index (χ0v) is 75.5. The maximum atomic E-state index is 14.5. The molecule has 0 bridgehead atoms. The zero-order valence-electron chi connectivity index (χ0n) is 58.3. The van der Waals surface area contributed by atoms with Crippen LogP contribution in [0.2, 0.25) is 0 Å². The number of fused-ring (bicyclic) bond motifs is 10. The lowest BCUT2D eigenvalue weighted by Gasteiger charge is -2.44. The lowest BCUT2D eigenvalue weighted by molar-refractivity contribution is -0.158. The predicted molar refractivity (Wildman–Crippen MR) is 480 cm³/mol. The van der Waals surface area contributed by atoms with Gasteiger partial charge in [0.25, 0.3) is 30.2 Å². The number of hydrogen-bond donors (Lipinski definition) is 0. The molecule has 0 radical (unpaired) electrons. The molecule has 4 fully saturated rings. The van der Waals surface area contributed by atoms with E-state index < -0.39 is 77.5 Å². The number of nitrogens with zero attached hydrogens (tertiary/aromatic N) is 9. The second kappa shape index (κ2) is 40.0. The molecule has 6 aliphatic heterocycles. The summed E-state index contributed by atoms with van der Waals surface area (Å²) in [6.45, 7) is 6.01. The van der Waals surface area contributed by atoms with Gasteiger partial charge in [-0.1, -0.05) is 127 Å². The van der Waals surface area contributed by atoms with E-state index in [-0.39, 0.29) is 71.8 Å². The first-order valence-electron chi connectivity index (χ1n) is 32.9. The Morgan fingerprint density at radius 2 is 0.829 bits per heavy atom. The van der Waals surface area contributed by atoms with Gasteiger partial charge in [0.15, 0.2) is 0 Å². The largest absolute Gasteiger partial charge is 0.494 e. The van der Waals surface area contributed by atoms with Crippen LogP contribution in [0.5, 0.6) is 11.5 Å². The number of azide groups is 1. The summed E-state index contributed by atoms with van der Waals surface area (Å²) in [5.74, 6) is 0.0345. The molecule has 4 amide bonds. The van der Waals surface area contributed by atoms with Gasteiger partial charge in [0, 0.05) is 196 Å². The Morgan fingerprint density at radius 3 is 1.21 bits per heavy atom. The minimum atomic E-state index is -4.20. The predicted octanol–water partition coefficient (Wildman–Crippen LogP) is 9.09. The highest BCUT2D eigenvalue weighted by molar-refractivity contribution is 8.77. The molecule has 0 spiro atoms. The van der Waals surface area contributed by atoms with E-state index in [1.54, 1.807) is 249 Å². The highest BCUT2D eigenvalue weighted by atomic mass is 33.5. The number of anilines is 2. The van der Waals surface area contributed by atoms with Gasteiger partial charge in [-0.15, -0.1) is 0 Å². The van der Waals surface area contributed by atoms with Crippen LogP contribution >= 0.6 is 0 Å². The molecule has 0 aromatic heterocycles. The van der Waals surface area contributed by atoms with Gasteiger partial charge in [0.05, 0.1) is 56.7 Å². The van der Waals surface area contributed by atoms with Gasteiger partial charge in [-0.2, -0.15) is 8.42 Å². The van der Waals surface area contributed by atoms with Crippen LogP contribution in [0.4, 0.5) is 11.4 Å². The number of carbonyl (C=O) groups is 4. The van der Waals surface area contributed by atoms with Crippen LogP contribution in [0, 0.1) is 6.92 Å². The second-order valence-electron chi connectivity index (χ2n) is 24.7. The summed E-state index contributed by atoms with van der Waals surface area (Å²) in [5, 5.41) is 3.52. The van der Waals surface area contributed by atoms with Crippen molar-refractivity contribution in [2.24, 2.45) is 5.11 Å². The summed E-state index contributed by atoms with van der Waals surface area (Å²) >= 11 is 9.49. The van der Waals surface area contributed by atoms with Gasteiger partial charge in [0.1, 0.15) is 48.0 Å². The normalized spacial score (nSPS) is 20.9. The smallest absolute Gasteiger partial charge is 0.296 e. The Balaban J connectivity index is 0.000000194. The Morgan fingerprint density at radius 1 is 0.468 bits per heavy atom. The zero-order chi connectivity index (χ0) is 78.4. The molecule has 43 heteroatoms. The van der Waals surface area contributed by atoms with E-state index in [1.165, 1.54) is 82.4 Å². The molecule has 6 aliphatic rings. The summed E-state index contributed by atoms with van der Waals surface area (Å²) in [5.41, 5.74) is 11.2. The standard InChI is InChI=1S/C37H37N3O8S2.C30H30N6O5S.CH4.S18/c1-25-14-20-30(21-15-25)50(45,46)48-23-9-22-47-28-18-16-27(17-19-28)37-24-33-35(42)38(3)26(2)34(41)39(33)36(37)40(32-13-8-7-12-31(32)37)49(43,44)29-10-5-4-6-11-29;1-20-27(37)35-26(28(38)34(20)2)19-30(21-13-15-22(16-14-21)41-18-8-17-32-33-31)24-11-6-7-12-25(24)36(29(30)35)42(39,40)23-9-4-3-5-10-23;;1-3-5-7-9-11-13-15-17-18-16-14-12-10-8-6-4-2/h4-8,10-21,26,33,36H,9,22-24H2,1-3H3;3-7,9-16,20,26,29H,8,17-19H2,1-2H3;1H4;/t26-,33-,36-,37-;20-,26-,29-,30-;;/m00../s1. The summed E-state index contributed by atoms with van der Waals surface area (Å²) in [6, 6.07) is 48.6. The van der Waals surface area contributed by atoms with Crippen molar-refractivity contribution >= 4 is 230 Å². The molecule has 7 aromatic rings. The molecule has 22 nitrogen and oxygen atoms in total. The number of piperazine rings is 2. The number of para-hydroxylation sites is 2. The van der Waals surface area contributed by atoms with Crippen molar-refractivity contribution in [1.29, 1.82) is 0 Å². The van der Waals surface area contributed by atoms with Crippen molar-refractivity contribution in [2.75, 3.05) is 49.1 Å². The van der Waals surface area contributed by atoms with E-state index in [4.69, 9.17) is 41.6 Å². The van der Waals surface area contributed by atoms with Crippen molar-refractivity contribution < 1.29 is 58.1 Å². The Kier molecular flexibility index (Phi) is 31.8. The van der Waals surface area contributed by atoms with Crippen molar-refractivity contribution in [2.45, 2.75) is 116 Å². The highest BCUT2D eigenvalue weighted by Crippen LogP contribution is 2.62. The molecule has 592 valence electrons. The summed E-state index contributed by atoms with van der Waals surface area (Å²) in [7, 11) is 18.2. The molecule has 7 aromatic carbocycles. The first-order chi connectivity index (χ1) is 53.0. The third kappa shape index (κ3) is 18.9. The van der Waals surface area contributed by atoms with E-state index >= 15 is 0 Å². The van der Waals surface area contributed by atoms with E-state index in [0.717, 1.165) is 22.3 Å². The quantitative estimate of drug-likeness (QED) is 0.0255. The number of benzene rings is 7. The number of carbonyl (C=O) groups excluding carboxylic acids is 4. The molecule has 4 saturated heterocycles. The van der Waals surface area contributed by atoms with E-state index in [0.29, 0.717) is 54.4 Å². The first-order valence-corrected chi connectivity index (χ1v) is 59.9. The van der Waals surface area contributed by atoms with Gasteiger partial charge < -0.3 is 29.1 Å². The maximum Gasteiger partial charge on any atom is 0.296 e. The van der Waals surface area contributed by atoms with Gasteiger partial charge in [-0.05, 0) is 141 Å². The number of likely N-dealkylation sites (N-methyl/N-ethyl adjacent to an activating group) is 2. The highest BCUT2D eigenvalue weighted by Gasteiger charge is 2.70. The van der Waals surface area contributed by atoms with Crippen LogP contribution in [-0.2, 0) is 229 Å². The monoisotopic (exact) mass is 1890 g/mol. The fourth-order valence-electron chi connectivity index (χ4n) is 14.1. The lowest BCUT2D eigenvalue weighted by atomic mass is 9.72. The van der Waals surface area contributed by atoms with E-state index in [2.05, 4.69) is 10.0 Å². The Labute approximate surface area is 700 Å². The molecule has 0 aliphatic carbocycles. The van der Waals surface area contributed by atoms with Gasteiger partial charge in [-0.25, -0.2) is 25.4 Å². The lowest BCUT2D eigenvalue weighted by Crippen LogP contribution is -2.65. The minimum absolute atomic E-state index is 0. The molecule has 0 N–H and O–H groups in total. The SMILES string of the molecule is C.C[C@H]1C(=O)N2[C@@H](C[C@]3(c4ccc(OCCCN=[N+]=[N-])cc4)c4ccccc4N(S(=O)(=O)c4ccccc4)[C@H]23)C(=O)N1C.Cc1ccc(S(=O)(=O)OCCCOc2ccc([C@]34C[C@H]5C(=O)N(C)[C@@H](C)C(=O)N5[C@H]3N(S(=O)(=O)c3ccccc3)c3ccccc34)cc2)cc1.S=S=S=S=S=S=S=S=S=S=S=S=S=S=S=S=S=S. The topological polar surface area (TPSA) is 267 Å². The molecule has 111 heavy (non-hydrogen) atoms. The van der Waals surface area contributed by atoms with Crippen LogP contribution in [0.25, 0.3) is 10.4 Å². The average Bonchev–Trinajstić information content (AvgIpc) is 1.51. The third-order valence-electron chi connectivity index (χ3n) is 19.0. The third-order valence-corrected chi connectivity index (χ3v) is 57.3. The minimum Gasteiger partial charge on any atom is -0.494 e. The Bertz CT molecular complexity index is 5850. The molecule has 8 atom stereocenters. The maximum absolute atomic E-state index is 14.5. The van der Waals surface area contributed by atoms with E-state index in [9.17, 15) is 44.4 Å². The average molecular weight is 1900 g/mol. The second-order valence-corrected chi connectivity index (χ2v) is 58.3. The van der Waals surface area contributed by atoms with Crippen molar-refractivity contribution in [3.8, 4) is 11.5 Å². The van der Waals surface area contributed by atoms with Crippen molar-refractivity contribution in [1.82, 2.24) is 19.6 Å². The van der Waals surface area contributed by atoms with Crippen LogP contribution < -0.4 is 18.1 Å². The van der Waals surface area contributed by atoms with Gasteiger partial charge in [-0.3, -0.25) is 23.4 Å². The van der Waals surface area contributed by atoms with Gasteiger partial charge >= 0.3 is 0 Å². The molecule has 0 unspecified atom stereocenters. The fraction of sp³-hybridized carbons (Fsp3) is 0.324. The summed E-state index contributed by atoms with van der Waals surface area (Å²) in [6.07, 6.45) is -0.751. The van der Waals surface area contributed by atoms with Crippen LogP contribution in [0.15, 0.2) is 202 Å². The number of sulfonamides is 2. The number of aryl methyl sites for hydroxylation is 1. The number of hydrogen-bond acceptors (Lipinski definition) is 16. The van der Waals surface area contributed by atoms with E-state index in [1.807, 2.05) is 55.5 Å². The van der Waals surface area contributed by atoms with Crippen molar-refractivity contribution in [3.63, 3.8) is 0 Å². The molecular weight excluding hydrogens is 1820 g/mol. The van der Waals surface area contributed by atoms with Gasteiger partial charge in [0.2, 0.25) is 23.6 Å². The molecule has 6 heterocycles. The first kappa shape index (κ1) is 88.1. The number of ether oxygens (including phenoxy) is 2. The van der Waals surface area contributed by atoms with Crippen LogP contribution in [0.3, 0.4) is 0 Å². The number of rotatable bonds is 18. The van der Waals surface area contributed by atoms with Crippen molar-refractivity contribution in [3.05, 3.63) is 220 Å². The van der Waals surface area contributed by atoms with Crippen LogP contribution in [0.1, 0.15) is 74.8 Å². The molecule has 0 saturated carbocycles. The van der Waals surface area contributed by atoms with Crippen LogP contribution in [-0.4, -0.2) is 145 Å². The summed E-state index contributed by atoms with van der Waals surface area (Å²) in [4.78, 5) is 64.4. The summed E-state index contributed by atoms with van der Waals surface area (Å²) < 4.78 is 102. The number of amides is 4.